The quantitative estimate of drug-likeness (QED) is 0.903. The lowest BCUT2D eigenvalue weighted by molar-refractivity contribution is 0.0907. The van der Waals surface area contributed by atoms with Gasteiger partial charge in [0.15, 0.2) is 0 Å². The van der Waals surface area contributed by atoms with Crippen molar-refractivity contribution in [2.24, 2.45) is 0 Å². The summed E-state index contributed by atoms with van der Waals surface area (Å²) < 4.78 is 5.11. The van der Waals surface area contributed by atoms with Gasteiger partial charge in [0.1, 0.15) is 5.82 Å². The first-order valence-corrected chi connectivity index (χ1v) is 9.37. The Balaban J connectivity index is 1.96. The van der Waals surface area contributed by atoms with Crippen LogP contribution in [0.5, 0.6) is 0 Å². The first kappa shape index (κ1) is 17.0. The van der Waals surface area contributed by atoms with Crippen molar-refractivity contribution in [3.05, 3.63) is 35.9 Å². The average molecular weight is 345 g/mol. The number of pyridine rings is 1. The molecule has 1 amide bonds. The van der Waals surface area contributed by atoms with E-state index >= 15 is 0 Å². The molecule has 1 aromatic heterocycles. The molecular formula is C18H23N3O2S. The number of anilines is 1. The van der Waals surface area contributed by atoms with E-state index in [1.807, 2.05) is 49.0 Å². The molecular weight excluding hydrogens is 322 g/mol. The summed E-state index contributed by atoms with van der Waals surface area (Å²) in [6.45, 7) is 4.37. The van der Waals surface area contributed by atoms with Crippen molar-refractivity contribution in [2.75, 3.05) is 43.2 Å². The second kappa shape index (κ2) is 7.85. The van der Waals surface area contributed by atoms with Crippen molar-refractivity contribution in [3.63, 3.8) is 0 Å². The van der Waals surface area contributed by atoms with Gasteiger partial charge in [-0.25, -0.2) is 4.98 Å². The summed E-state index contributed by atoms with van der Waals surface area (Å²) in [5.74, 6) is 3.01. The monoisotopic (exact) mass is 345 g/mol. The molecule has 0 spiro atoms. The summed E-state index contributed by atoms with van der Waals surface area (Å²) in [6, 6.07) is 9.70. The molecule has 2 heterocycles. The standard InChI is InChI=1S/C18H23N3O2S/c1-13(12-23-2)19-18(22)15-11-17(21-7-9-24-10-8-21)20-16-6-4-3-5-14(15)16/h3-6,11,13H,7-10,12H2,1-2H3,(H,19,22)/t13-/m1/s1. The van der Waals surface area contributed by atoms with Crippen LogP contribution in [-0.4, -0.2) is 55.2 Å². The highest BCUT2D eigenvalue weighted by Gasteiger charge is 2.18. The van der Waals surface area contributed by atoms with Crippen LogP contribution in [0.2, 0.25) is 0 Å². The Morgan fingerprint density at radius 1 is 1.38 bits per heavy atom. The van der Waals surface area contributed by atoms with Gasteiger partial charge in [-0.3, -0.25) is 4.79 Å². The number of amides is 1. The SMILES string of the molecule is COC[C@@H](C)NC(=O)c1cc(N2CCSCC2)nc2ccccc12. The first-order chi connectivity index (χ1) is 11.7. The van der Waals surface area contributed by atoms with Crippen LogP contribution in [-0.2, 0) is 4.74 Å². The number of thioether (sulfide) groups is 1. The molecule has 1 fully saturated rings. The van der Waals surface area contributed by atoms with Crippen LogP contribution >= 0.6 is 11.8 Å². The highest BCUT2D eigenvalue weighted by Crippen LogP contribution is 2.25. The zero-order valence-corrected chi connectivity index (χ0v) is 14.9. The van der Waals surface area contributed by atoms with E-state index in [-0.39, 0.29) is 11.9 Å². The lowest BCUT2D eigenvalue weighted by atomic mass is 10.1. The summed E-state index contributed by atoms with van der Waals surface area (Å²) in [5, 5.41) is 3.89. The molecule has 5 nitrogen and oxygen atoms in total. The van der Waals surface area contributed by atoms with Gasteiger partial charge in [-0.1, -0.05) is 18.2 Å². The summed E-state index contributed by atoms with van der Waals surface area (Å²) in [7, 11) is 1.64. The van der Waals surface area contributed by atoms with Gasteiger partial charge in [-0.15, -0.1) is 0 Å². The third-order valence-electron chi connectivity index (χ3n) is 4.08. The molecule has 1 saturated heterocycles. The Kier molecular flexibility index (Phi) is 5.58. The number of methoxy groups -OCH3 is 1. The smallest absolute Gasteiger partial charge is 0.252 e. The summed E-state index contributed by atoms with van der Waals surface area (Å²) in [6.07, 6.45) is 0. The number of ether oxygens (including phenoxy) is 1. The molecule has 128 valence electrons. The normalized spacial score (nSPS) is 16.2. The van der Waals surface area contributed by atoms with E-state index in [2.05, 4.69) is 10.2 Å². The number of fused-ring (bicyclic) bond motifs is 1. The molecule has 24 heavy (non-hydrogen) atoms. The summed E-state index contributed by atoms with van der Waals surface area (Å²) in [5.41, 5.74) is 1.54. The molecule has 0 bridgehead atoms. The maximum absolute atomic E-state index is 12.8. The van der Waals surface area contributed by atoms with Gasteiger partial charge in [0.05, 0.1) is 17.7 Å². The Morgan fingerprint density at radius 3 is 2.88 bits per heavy atom. The molecule has 1 aromatic carbocycles. The second-order valence-electron chi connectivity index (χ2n) is 5.97. The largest absolute Gasteiger partial charge is 0.383 e. The van der Waals surface area contributed by atoms with Crippen LogP contribution in [0, 0.1) is 0 Å². The topological polar surface area (TPSA) is 54.5 Å². The van der Waals surface area contributed by atoms with Crippen molar-refractivity contribution in [1.82, 2.24) is 10.3 Å². The zero-order chi connectivity index (χ0) is 16.9. The molecule has 3 rings (SSSR count). The average Bonchev–Trinajstić information content (AvgIpc) is 2.61. The van der Waals surface area contributed by atoms with E-state index in [9.17, 15) is 4.79 Å². The van der Waals surface area contributed by atoms with Crippen molar-refractivity contribution in [1.29, 1.82) is 0 Å². The third-order valence-corrected chi connectivity index (χ3v) is 5.02. The number of para-hydroxylation sites is 1. The van der Waals surface area contributed by atoms with Crippen molar-refractivity contribution < 1.29 is 9.53 Å². The summed E-state index contributed by atoms with van der Waals surface area (Å²) in [4.78, 5) is 19.8. The van der Waals surface area contributed by atoms with E-state index < -0.39 is 0 Å². The van der Waals surface area contributed by atoms with E-state index in [1.54, 1.807) is 7.11 Å². The molecule has 1 atom stereocenters. The fourth-order valence-corrected chi connectivity index (χ4v) is 3.80. The Hall–Kier alpha value is -1.79. The first-order valence-electron chi connectivity index (χ1n) is 8.21. The van der Waals surface area contributed by atoms with Gasteiger partial charge >= 0.3 is 0 Å². The number of carbonyl (C=O) groups is 1. The Bertz CT molecular complexity index is 716. The fourth-order valence-electron chi connectivity index (χ4n) is 2.90. The Morgan fingerprint density at radius 2 is 2.12 bits per heavy atom. The second-order valence-corrected chi connectivity index (χ2v) is 7.20. The maximum Gasteiger partial charge on any atom is 0.252 e. The number of nitrogens with one attached hydrogen (secondary N) is 1. The number of carbonyl (C=O) groups excluding carboxylic acids is 1. The van der Waals surface area contributed by atoms with Gasteiger partial charge in [0, 0.05) is 43.1 Å². The number of benzene rings is 1. The lowest BCUT2D eigenvalue weighted by Gasteiger charge is -2.28. The maximum atomic E-state index is 12.8. The number of hydrogen-bond acceptors (Lipinski definition) is 5. The van der Waals surface area contributed by atoms with E-state index in [1.165, 1.54) is 0 Å². The summed E-state index contributed by atoms with van der Waals surface area (Å²) >= 11 is 1.96. The highest BCUT2D eigenvalue weighted by atomic mass is 32.2. The van der Waals surface area contributed by atoms with Crippen LogP contribution in [0.4, 0.5) is 5.82 Å². The highest BCUT2D eigenvalue weighted by molar-refractivity contribution is 7.99. The third kappa shape index (κ3) is 3.82. The molecule has 0 radical (unpaired) electrons. The van der Waals surface area contributed by atoms with Gasteiger partial charge in [0.25, 0.3) is 5.91 Å². The van der Waals surface area contributed by atoms with E-state index in [4.69, 9.17) is 9.72 Å². The number of hydrogen-bond donors (Lipinski definition) is 1. The van der Waals surface area contributed by atoms with Crippen molar-refractivity contribution in [3.8, 4) is 0 Å². The molecule has 6 heteroatoms. The molecule has 1 N–H and O–H groups in total. The van der Waals surface area contributed by atoms with E-state index in [0.717, 1.165) is 41.3 Å². The molecule has 2 aromatic rings. The number of nitrogens with zero attached hydrogens (tertiary/aromatic N) is 2. The van der Waals surface area contributed by atoms with E-state index in [0.29, 0.717) is 12.2 Å². The van der Waals surface area contributed by atoms with Crippen LogP contribution in [0.1, 0.15) is 17.3 Å². The Labute approximate surface area is 146 Å². The molecule has 0 aliphatic carbocycles. The van der Waals surface area contributed by atoms with Crippen molar-refractivity contribution in [2.45, 2.75) is 13.0 Å². The predicted octanol–water partition coefficient (Wildman–Crippen LogP) is 2.55. The minimum Gasteiger partial charge on any atom is -0.383 e. The minimum atomic E-state index is -0.0780. The number of aromatic nitrogens is 1. The van der Waals surface area contributed by atoms with Crippen LogP contribution in [0.25, 0.3) is 10.9 Å². The lowest BCUT2D eigenvalue weighted by Crippen LogP contribution is -2.36. The van der Waals surface area contributed by atoms with Gasteiger partial charge in [-0.2, -0.15) is 11.8 Å². The van der Waals surface area contributed by atoms with Gasteiger partial charge in [0.2, 0.25) is 0 Å². The molecule has 1 aliphatic rings. The van der Waals surface area contributed by atoms with Gasteiger partial charge < -0.3 is 15.0 Å². The molecule has 1 aliphatic heterocycles. The molecule has 0 saturated carbocycles. The fraction of sp³-hybridized carbons (Fsp3) is 0.444. The minimum absolute atomic E-state index is 0.0377. The van der Waals surface area contributed by atoms with Crippen molar-refractivity contribution >= 4 is 34.4 Å². The van der Waals surface area contributed by atoms with Gasteiger partial charge in [-0.05, 0) is 19.1 Å². The number of rotatable bonds is 5. The molecule has 0 unspecified atom stereocenters. The zero-order valence-electron chi connectivity index (χ0n) is 14.1. The predicted molar refractivity (Wildman–Crippen MR) is 100 cm³/mol. The van der Waals surface area contributed by atoms with Crippen LogP contribution in [0.15, 0.2) is 30.3 Å². The van der Waals surface area contributed by atoms with Crippen LogP contribution < -0.4 is 10.2 Å². The van der Waals surface area contributed by atoms with Crippen LogP contribution in [0.3, 0.4) is 0 Å².